The van der Waals surface area contributed by atoms with Crippen molar-refractivity contribution in [3.8, 4) is 0 Å². The van der Waals surface area contributed by atoms with Crippen molar-refractivity contribution in [2.75, 3.05) is 7.05 Å². The molecule has 0 fully saturated rings. The van der Waals surface area contributed by atoms with E-state index < -0.39 is 5.97 Å². The van der Waals surface area contributed by atoms with Crippen molar-refractivity contribution in [1.82, 2.24) is 5.32 Å². The van der Waals surface area contributed by atoms with E-state index in [0.717, 1.165) is 5.56 Å². The summed E-state index contributed by atoms with van der Waals surface area (Å²) in [7, 11) is 1.79. The van der Waals surface area contributed by atoms with Crippen molar-refractivity contribution < 1.29 is 15.0 Å². The zero-order valence-electron chi connectivity index (χ0n) is 7.95. The van der Waals surface area contributed by atoms with E-state index in [1.807, 2.05) is 0 Å². The number of aromatic carboxylic acids is 1. The zero-order chi connectivity index (χ0) is 10.6. The highest BCUT2D eigenvalue weighted by Crippen LogP contribution is 2.12. The van der Waals surface area contributed by atoms with Gasteiger partial charge in [-0.05, 0) is 24.2 Å². The molecule has 0 saturated heterocycles. The summed E-state index contributed by atoms with van der Waals surface area (Å²) < 4.78 is 0. The highest BCUT2D eigenvalue weighted by Gasteiger charge is 2.09. The number of hydrogen-bond donors (Lipinski definition) is 3. The summed E-state index contributed by atoms with van der Waals surface area (Å²) in [6.45, 7) is 0.369. The number of hydrogen-bond acceptors (Lipinski definition) is 3. The molecule has 1 aromatic carbocycles. The number of carboxylic acid groups (broad SMARTS) is 1. The van der Waals surface area contributed by atoms with Gasteiger partial charge in [0.15, 0.2) is 0 Å². The van der Waals surface area contributed by atoms with Gasteiger partial charge in [-0.1, -0.05) is 12.1 Å². The van der Waals surface area contributed by atoms with Crippen molar-refractivity contribution in [3.05, 3.63) is 34.9 Å². The molecule has 76 valence electrons. The number of nitrogens with one attached hydrogen (secondary N) is 1. The van der Waals surface area contributed by atoms with Crippen LogP contribution in [0.1, 0.15) is 21.5 Å². The smallest absolute Gasteiger partial charge is 0.336 e. The van der Waals surface area contributed by atoms with Gasteiger partial charge in [0.05, 0.1) is 12.2 Å². The van der Waals surface area contributed by atoms with Crippen LogP contribution in [0.15, 0.2) is 18.2 Å². The molecule has 0 aliphatic heterocycles. The second-order valence-electron chi connectivity index (χ2n) is 2.99. The van der Waals surface area contributed by atoms with Crippen molar-refractivity contribution in [3.63, 3.8) is 0 Å². The largest absolute Gasteiger partial charge is 0.478 e. The van der Waals surface area contributed by atoms with Crippen molar-refractivity contribution in [2.45, 2.75) is 13.2 Å². The van der Waals surface area contributed by atoms with Crippen LogP contribution in [-0.4, -0.2) is 23.2 Å². The normalized spacial score (nSPS) is 10.1. The van der Waals surface area contributed by atoms with Gasteiger partial charge in [-0.2, -0.15) is 0 Å². The number of carbonyl (C=O) groups is 1. The minimum absolute atomic E-state index is 0.167. The first-order valence-corrected chi connectivity index (χ1v) is 4.29. The van der Waals surface area contributed by atoms with E-state index in [0.29, 0.717) is 12.1 Å². The number of rotatable bonds is 4. The summed E-state index contributed by atoms with van der Waals surface area (Å²) in [5.74, 6) is -1.01. The zero-order valence-corrected chi connectivity index (χ0v) is 7.95. The van der Waals surface area contributed by atoms with E-state index in [2.05, 4.69) is 5.32 Å². The Hall–Kier alpha value is -1.39. The van der Waals surface area contributed by atoms with Gasteiger partial charge < -0.3 is 15.5 Å². The molecule has 0 bridgehead atoms. The van der Waals surface area contributed by atoms with Crippen LogP contribution in [0.3, 0.4) is 0 Å². The average molecular weight is 195 g/mol. The third-order valence-corrected chi connectivity index (χ3v) is 1.96. The van der Waals surface area contributed by atoms with Crippen LogP contribution in [0, 0.1) is 0 Å². The number of aliphatic hydroxyl groups excluding tert-OH is 1. The summed E-state index contributed by atoms with van der Waals surface area (Å²) in [5.41, 5.74) is 1.50. The Bertz CT molecular complexity index is 336. The monoisotopic (exact) mass is 195 g/mol. The Morgan fingerprint density at radius 3 is 2.71 bits per heavy atom. The number of carboxylic acids is 1. The predicted molar refractivity (Wildman–Crippen MR) is 52.1 cm³/mol. The summed E-state index contributed by atoms with van der Waals surface area (Å²) in [6, 6.07) is 5.01. The van der Waals surface area contributed by atoms with E-state index in [1.165, 1.54) is 0 Å². The third-order valence-electron chi connectivity index (χ3n) is 1.96. The van der Waals surface area contributed by atoms with Crippen molar-refractivity contribution >= 4 is 5.97 Å². The molecular weight excluding hydrogens is 182 g/mol. The lowest BCUT2D eigenvalue weighted by Gasteiger charge is -2.06. The molecule has 0 radical (unpaired) electrons. The summed E-state index contributed by atoms with van der Waals surface area (Å²) in [5, 5.41) is 20.7. The molecular formula is C10H13NO3. The fourth-order valence-corrected chi connectivity index (χ4v) is 1.27. The second kappa shape index (κ2) is 4.74. The summed E-state index contributed by atoms with van der Waals surface area (Å²) in [6.07, 6.45) is 0. The molecule has 0 atom stereocenters. The summed E-state index contributed by atoms with van der Waals surface area (Å²) in [4.78, 5) is 10.8. The molecule has 3 N–H and O–H groups in total. The quantitative estimate of drug-likeness (QED) is 0.658. The average Bonchev–Trinajstić information content (AvgIpc) is 2.18. The van der Waals surface area contributed by atoms with Gasteiger partial charge in [0, 0.05) is 6.54 Å². The van der Waals surface area contributed by atoms with E-state index >= 15 is 0 Å². The maximum atomic E-state index is 10.8. The highest BCUT2D eigenvalue weighted by atomic mass is 16.4. The van der Waals surface area contributed by atoms with Gasteiger partial charge >= 0.3 is 5.97 Å². The second-order valence-corrected chi connectivity index (χ2v) is 2.99. The Kier molecular flexibility index (Phi) is 3.62. The molecule has 4 heteroatoms. The lowest BCUT2D eigenvalue weighted by Crippen LogP contribution is -2.08. The first-order valence-electron chi connectivity index (χ1n) is 4.29. The van der Waals surface area contributed by atoms with Gasteiger partial charge in [-0.15, -0.1) is 0 Å². The van der Waals surface area contributed by atoms with Crippen LogP contribution in [0.4, 0.5) is 0 Å². The van der Waals surface area contributed by atoms with Gasteiger partial charge in [0.2, 0.25) is 0 Å². The molecule has 0 aliphatic carbocycles. The minimum Gasteiger partial charge on any atom is -0.478 e. The van der Waals surface area contributed by atoms with Gasteiger partial charge in [0.25, 0.3) is 0 Å². The van der Waals surface area contributed by atoms with Crippen molar-refractivity contribution in [1.29, 1.82) is 0 Å². The van der Waals surface area contributed by atoms with E-state index in [-0.39, 0.29) is 12.2 Å². The Balaban J connectivity index is 3.07. The Morgan fingerprint density at radius 2 is 2.21 bits per heavy atom. The molecule has 0 heterocycles. The molecule has 0 unspecified atom stereocenters. The topological polar surface area (TPSA) is 69.6 Å². The van der Waals surface area contributed by atoms with Crippen LogP contribution >= 0.6 is 0 Å². The highest BCUT2D eigenvalue weighted by molar-refractivity contribution is 5.89. The molecule has 0 aliphatic rings. The van der Waals surface area contributed by atoms with Crippen LogP contribution in [0.2, 0.25) is 0 Å². The third kappa shape index (κ3) is 2.31. The van der Waals surface area contributed by atoms with Crippen LogP contribution in [0.25, 0.3) is 0 Å². The molecule has 0 saturated carbocycles. The van der Waals surface area contributed by atoms with E-state index in [9.17, 15) is 4.79 Å². The molecule has 1 rings (SSSR count). The molecule has 14 heavy (non-hydrogen) atoms. The Labute approximate surface area is 82.2 Å². The van der Waals surface area contributed by atoms with Crippen molar-refractivity contribution in [2.24, 2.45) is 0 Å². The lowest BCUT2D eigenvalue weighted by atomic mass is 10.0. The van der Waals surface area contributed by atoms with Crippen LogP contribution in [-0.2, 0) is 13.2 Å². The Morgan fingerprint density at radius 1 is 1.50 bits per heavy atom. The first-order chi connectivity index (χ1) is 6.69. The van der Waals surface area contributed by atoms with Gasteiger partial charge in [-0.3, -0.25) is 0 Å². The SMILES string of the molecule is CNCc1ccc(CO)c(C(=O)O)c1. The number of aliphatic hydroxyl groups is 1. The predicted octanol–water partition coefficient (Wildman–Crippen LogP) is 0.597. The maximum absolute atomic E-state index is 10.8. The van der Waals surface area contributed by atoms with E-state index in [4.69, 9.17) is 10.2 Å². The standard InChI is InChI=1S/C10H13NO3/c1-11-5-7-2-3-8(6-12)9(4-7)10(13)14/h2-4,11-12H,5-6H2,1H3,(H,13,14). The van der Waals surface area contributed by atoms with E-state index in [1.54, 1.807) is 25.2 Å². The molecule has 0 aromatic heterocycles. The molecule has 4 nitrogen and oxygen atoms in total. The fourth-order valence-electron chi connectivity index (χ4n) is 1.27. The molecule has 0 amide bonds. The maximum Gasteiger partial charge on any atom is 0.336 e. The molecule has 1 aromatic rings. The van der Waals surface area contributed by atoms with Gasteiger partial charge in [-0.25, -0.2) is 4.79 Å². The summed E-state index contributed by atoms with van der Waals surface area (Å²) >= 11 is 0. The van der Waals surface area contributed by atoms with Gasteiger partial charge in [0.1, 0.15) is 0 Å². The number of benzene rings is 1. The lowest BCUT2D eigenvalue weighted by molar-refractivity contribution is 0.0693. The molecule has 0 spiro atoms. The van der Waals surface area contributed by atoms with Crippen LogP contribution in [0.5, 0.6) is 0 Å². The van der Waals surface area contributed by atoms with Crippen LogP contribution < -0.4 is 5.32 Å². The first kappa shape index (κ1) is 10.7. The fraction of sp³-hybridized carbons (Fsp3) is 0.300. The minimum atomic E-state index is -1.01.